The van der Waals surface area contributed by atoms with Crippen molar-refractivity contribution in [2.75, 3.05) is 26.2 Å². The summed E-state index contributed by atoms with van der Waals surface area (Å²) in [6, 6.07) is 0. The van der Waals surface area contributed by atoms with Gasteiger partial charge in [-0.25, -0.2) is 0 Å². The minimum atomic E-state index is -0.305. The van der Waals surface area contributed by atoms with Gasteiger partial charge >= 0.3 is 0 Å². The van der Waals surface area contributed by atoms with E-state index >= 15 is 0 Å². The lowest BCUT2D eigenvalue weighted by molar-refractivity contribution is -0.159. The molecular weight excluding hydrogens is 216 g/mol. The van der Waals surface area contributed by atoms with Crippen LogP contribution in [0.15, 0.2) is 0 Å². The van der Waals surface area contributed by atoms with E-state index in [1.165, 1.54) is 12.8 Å². The predicted molar refractivity (Wildman–Crippen MR) is 66.9 cm³/mol. The zero-order valence-electron chi connectivity index (χ0n) is 11.0. The first-order chi connectivity index (χ1) is 8.11. The third-order valence-electron chi connectivity index (χ3n) is 3.72. The SMILES string of the molecule is CC(OC1(C)CNC1)C(=O)N1CCCCCC1. The lowest BCUT2D eigenvalue weighted by atomic mass is 9.99. The molecule has 0 aromatic rings. The monoisotopic (exact) mass is 240 g/mol. The van der Waals surface area contributed by atoms with Gasteiger partial charge in [-0.05, 0) is 26.7 Å². The number of likely N-dealkylation sites (tertiary alicyclic amines) is 1. The van der Waals surface area contributed by atoms with Crippen LogP contribution in [-0.4, -0.2) is 48.7 Å². The summed E-state index contributed by atoms with van der Waals surface area (Å²) in [5.41, 5.74) is -0.138. The average molecular weight is 240 g/mol. The number of ether oxygens (including phenoxy) is 1. The molecule has 1 N–H and O–H groups in total. The van der Waals surface area contributed by atoms with Crippen molar-refractivity contribution in [3.05, 3.63) is 0 Å². The van der Waals surface area contributed by atoms with E-state index in [0.717, 1.165) is 39.0 Å². The molecule has 0 aliphatic carbocycles. The van der Waals surface area contributed by atoms with Crippen LogP contribution in [0.4, 0.5) is 0 Å². The highest BCUT2D eigenvalue weighted by atomic mass is 16.5. The molecule has 2 fully saturated rings. The van der Waals surface area contributed by atoms with Gasteiger partial charge in [0.2, 0.25) is 0 Å². The van der Waals surface area contributed by atoms with E-state index in [2.05, 4.69) is 12.2 Å². The maximum atomic E-state index is 12.2. The summed E-state index contributed by atoms with van der Waals surface area (Å²) in [6.45, 7) is 7.46. The molecule has 2 aliphatic rings. The van der Waals surface area contributed by atoms with E-state index < -0.39 is 0 Å². The standard InChI is InChI=1S/C13H24N2O2/c1-11(17-13(2)9-14-10-13)12(16)15-7-5-3-4-6-8-15/h11,14H,3-10H2,1-2H3. The van der Waals surface area contributed by atoms with E-state index in [1.807, 2.05) is 11.8 Å². The molecule has 17 heavy (non-hydrogen) atoms. The second kappa shape index (κ2) is 5.36. The molecule has 2 saturated heterocycles. The molecule has 0 spiro atoms. The number of amides is 1. The molecule has 0 bridgehead atoms. The van der Waals surface area contributed by atoms with Crippen LogP contribution in [0.5, 0.6) is 0 Å². The fourth-order valence-electron chi connectivity index (χ4n) is 2.59. The minimum absolute atomic E-state index is 0.138. The molecule has 2 heterocycles. The quantitative estimate of drug-likeness (QED) is 0.805. The van der Waals surface area contributed by atoms with Gasteiger partial charge in [-0.3, -0.25) is 4.79 Å². The number of hydrogen-bond acceptors (Lipinski definition) is 3. The van der Waals surface area contributed by atoms with Crippen molar-refractivity contribution in [2.24, 2.45) is 0 Å². The lowest BCUT2D eigenvalue weighted by Crippen LogP contribution is -2.61. The van der Waals surface area contributed by atoms with Crippen molar-refractivity contribution in [1.29, 1.82) is 0 Å². The van der Waals surface area contributed by atoms with Crippen LogP contribution in [0, 0.1) is 0 Å². The molecule has 0 saturated carbocycles. The summed E-state index contributed by atoms with van der Waals surface area (Å²) in [5.74, 6) is 0.167. The van der Waals surface area contributed by atoms with Gasteiger partial charge in [0.25, 0.3) is 5.91 Å². The summed E-state index contributed by atoms with van der Waals surface area (Å²) < 4.78 is 5.88. The lowest BCUT2D eigenvalue weighted by Gasteiger charge is -2.41. The number of rotatable bonds is 3. The highest BCUT2D eigenvalue weighted by Crippen LogP contribution is 2.19. The van der Waals surface area contributed by atoms with Crippen LogP contribution in [-0.2, 0) is 9.53 Å². The first-order valence-electron chi connectivity index (χ1n) is 6.78. The summed E-state index contributed by atoms with van der Waals surface area (Å²) in [4.78, 5) is 14.2. The molecule has 1 unspecified atom stereocenters. The molecule has 2 rings (SSSR count). The normalized spacial score (nSPS) is 25.9. The number of hydrogen-bond donors (Lipinski definition) is 1. The Bertz CT molecular complexity index is 269. The molecule has 98 valence electrons. The van der Waals surface area contributed by atoms with Crippen LogP contribution in [0.1, 0.15) is 39.5 Å². The first-order valence-corrected chi connectivity index (χ1v) is 6.78. The van der Waals surface area contributed by atoms with Crippen molar-refractivity contribution in [1.82, 2.24) is 10.2 Å². The molecule has 4 heteroatoms. The Hall–Kier alpha value is -0.610. The Morgan fingerprint density at radius 2 is 1.82 bits per heavy atom. The summed E-state index contributed by atoms with van der Waals surface area (Å²) >= 11 is 0. The van der Waals surface area contributed by atoms with Crippen molar-refractivity contribution < 1.29 is 9.53 Å². The largest absolute Gasteiger partial charge is 0.360 e. The smallest absolute Gasteiger partial charge is 0.251 e. The molecule has 4 nitrogen and oxygen atoms in total. The molecule has 2 aliphatic heterocycles. The maximum Gasteiger partial charge on any atom is 0.251 e. The zero-order chi connectivity index (χ0) is 12.3. The van der Waals surface area contributed by atoms with E-state index in [-0.39, 0.29) is 17.6 Å². The van der Waals surface area contributed by atoms with Gasteiger partial charge in [0, 0.05) is 26.2 Å². The summed E-state index contributed by atoms with van der Waals surface area (Å²) in [7, 11) is 0. The van der Waals surface area contributed by atoms with Gasteiger partial charge in [0.1, 0.15) is 6.10 Å². The number of carbonyl (C=O) groups excluding carboxylic acids is 1. The summed E-state index contributed by atoms with van der Waals surface area (Å²) in [6.07, 6.45) is 4.47. The Kier molecular flexibility index (Phi) is 4.05. The summed E-state index contributed by atoms with van der Waals surface area (Å²) in [5, 5.41) is 3.19. The predicted octanol–water partition coefficient (Wildman–Crippen LogP) is 1.16. The highest BCUT2D eigenvalue weighted by molar-refractivity contribution is 5.80. The number of nitrogens with zero attached hydrogens (tertiary/aromatic N) is 1. The third-order valence-corrected chi connectivity index (χ3v) is 3.72. The van der Waals surface area contributed by atoms with Crippen LogP contribution < -0.4 is 5.32 Å². The van der Waals surface area contributed by atoms with Crippen LogP contribution >= 0.6 is 0 Å². The van der Waals surface area contributed by atoms with Crippen molar-refractivity contribution >= 4 is 5.91 Å². The Morgan fingerprint density at radius 1 is 1.24 bits per heavy atom. The van der Waals surface area contributed by atoms with Crippen LogP contribution in [0.3, 0.4) is 0 Å². The number of carbonyl (C=O) groups is 1. The van der Waals surface area contributed by atoms with E-state index in [1.54, 1.807) is 0 Å². The number of nitrogens with one attached hydrogen (secondary N) is 1. The molecule has 0 radical (unpaired) electrons. The maximum absolute atomic E-state index is 12.2. The Balaban J connectivity index is 1.84. The van der Waals surface area contributed by atoms with E-state index in [9.17, 15) is 4.79 Å². The van der Waals surface area contributed by atoms with Crippen LogP contribution in [0.25, 0.3) is 0 Å². The molecule has 0 aromatic heterocycles. The fourth-order valence-corrected chi connectivity index (χ4v) is 2.59. The molecular formula is C13H24N2O2. The van der Waals surface area contributed by atoms with E-state index in [0.29, 0.717) is 0 Å². The highest BCUT2D eigenvalue weighted by Gasteiger charge is 2.36. The van der Waals surface area contributed by atoms with Gasteiger partial charge in [-0.2, -0.15) is 0 Å². The van der Waals surface area contributed by atoms with E-state index in [4.69, 9.17) is 4.74 Å². The van der Waals surface area contributed by atoms with Gasteiger partial charge in [-0.1, -0.05) is 12.8 Å². The van der Waals surface area contributed by atoms with Gasteiger partial charge in [-0.15, -0.1) is 0 Å². The Labute approximate surface area is 104 Å². The third kappa shape index (κ3) is 3.19. The van der Waals surface area contributed by atoms with Crippen LogP contribution in [0.2, 0.25) is 0 Å². The molecule has 0 aromatic carbocycles. The van der Waals surface area contributed by atoms with Gasteiger partial charge in [0.05, 0.1) is 5.60 Å². The fraction of sp³-hybridized carbons (Fsp3) is 0.923. The second-order valence-electron chi connectivity index (χ2n) is 5.55. The van der Waals surface area contributed by atoms with Crippen molar-refractivity contribution in [3.63, 3.8) is 0 Å². The van der Waals surface area contributed by atoms with Gasteiger partial charge < -0.3 is 15.0 Å². The van der Waals surface area contributed by atoms with Crippen molar-refractivity contribution in [2.45, 2.75) is 51.2 Å². The average Bonchev–Trinajstić information content (AvgIpc) is 2.54. The topological polar surface area (TPSA) is 41.6 Å². The molecule has 1 amide bonds. The first kappa shape index (κ1) is 12.8. The van der Waals surface area contributed by atoms with Crippen molar-refractivity contribution in [3.8, 4) is 0 Å². The molecule has 1 atom stereocenters. The van der Waals surface area contributed by atoms with Gasteiger partial charge in [0.15, 0.2) is 0 Å². The Morgan fingerprint density at radius 3 is 2.29 bits per heavy atom. The second-order valence-corrected chi connectivity index (χ2v) is 5.55. The minimum Gasteiger partial charge on any atom is -0.360 e. The zero-order valence-corrected chi connectivity index (χ0v) is 11.0.